The fourth-order valence-electron chi connectivity index (χ4n) is 2.27. The topological polar surface area (TPSA) is 45.2 Å². The number of nitrogens with zero attached hydrogens (tertiary/aromatic N) is 2. The third-order valence-electron chi connectivity index (χ3n) is 3.73. The summed E-state index contributed by atoms with van der Waals surface area (Å²) in [6.07, 6.45) is 0.0982. The van der Waals surface area contributed by atoms with Gasteiger partial charge in [-0.25, -0.2) is 0 Å². The van der Waals surface area contributed by atoms with Crippen LogP contribution in [0.2, 0.25) is 0 Å². The average molecular weight is 351 g/mol. The van der Waals surface area contributed by atoms with Gasteiger partial charge in [0, 0.05) is 37.6 Å². The van der Waals surface area contributed by atoms with Crippen LogP contribution < -0.4 is 5.32 Å². The Kier molecular flexibility index (Phi) is 6.52. The molecule has 2 aromatic rings. The van der Waals surface area contributed by atoms with Gasteiger partial charge in [-0.3, -0.25) is 9.78 Å². The molecule has 0 radical (unpaired) electrons. The summed E-state index contributed by atoms with van der Waals surface area (Å²) in [5.74, 6) is -0.310. The van der Waals surface area contributed by atoms with Gasteiger partial charge in [-0.05, 0) is 49.4 Å². The van der Waals surface area contributed by atoms with E-state index in [2.05, 4.69) is 10.3 Å². The minimum absolute atomic E-state index is 0.152. The number of aromatic nitrogens is 1. The lowest BCUT2D eigenvalue weighted by Crippen LogP contribution is -2.26. The number of amides is 1. The lowest BCUT2D eigenvalue weighted by Gasteiger charge is -2.16. The molecule has 134 valence electrons. The number of pyridine rings is 1. The molecule has 0 spiro atoms. The molecule has 0 aliphatic carbocycles. The Labute approximate surface area is 144 Å². The van der Waals surface area contributed by atoms with Crippen LogP contribution >= 0.6 is 0 Å². The number of halogens is 3. The number of rotatable bonds is 7. The number of alkyl halides is 3. The maximum Gasteiger partial charge on any atom is 0.416 e. The Bertz CT molecular complexity index is 689. The Morgan fingerprint density at radius 1 is 1.16 bits per heavy atom. The minimum atomic E-state index is -4.42. The molecule has 1 N–H and O–H groups in total. The summed E-state index contributed by atoms with van der Waals surface area (Å²) < 4.78 is 38.0. The number of nitrogens with one attached hydrogen (secondary N) is 1. The molecule has 0 aliphatic heterocycles. The summed E-state index contributed by atoms with van der Waals surface area (Å²) in [5, 5.41) is 2.51. The van der Waals surface area contributed by atoms with E-state index in [9.17, 15) is 18.0 Å². The maximum atomic E-state index is 12.7. The van der Waals surface area contributed by atoms with Crippen molar-refractivity contribution in [2.24, 2.45) is 0 Å². The van der Waals surface area contributed by atoms with E-state index in [1.807, 2.05) is 24.1 Å². The first-order chi connectivity index (χ1) is 11.8. The highest BCUT2D eigenvalue weighted by Gasteiger charge is 2.30. The first-order valence-corrected chi connectivity index (χ1v) is 7.89. The number of carbonyl (C=O) groups is 1. The summed E-state index contributed by atoms with van der Waals surface area (Å²) in [4.78, 5) is 17.9. The third kappa shape index (κ3) is 6.54. The molecule has 0 saturated heterocycles. The number of anilines is 1. The van der Waals surface area contributed by atoms with Crippen LogP contribution in [0.4, 0.5) is 18.9 Å². The van der Waals surface area contributed by atoms with Gasteiger partial charge in [0.2, 0.25) is 5.91 Å². The molecule has 4 nitrogen and oxygen atoms in total. The molecule has 0 aliphatic rings. The standard InChI is InChI=1S/C18H20F3N3O/c1-24(11-7-14-5-9-22-10-6-14)12-8-17(25)23-16-4-2-3-15(13-16)18(19,20)21/h2-6,9-10,13H,7-8,11-12H2,1H3,(H,23,25). The molecule has 0 bridgehead atoms. The van der Waals surface area contributed by atoms with Crippen LogP contribution in [0.1, 0.15) is 17.5 Å². The van der Waals surface area contributed by atoms with Gasteiger partial charge in [-0.1, -0.05) is 6.07 Å². The van der Waals surface area contributed by atoms with Gasteiger partial charge in [0.25, 0.3) is 0 Å². The molecule has 0 fully saturated rings. The van der Waals surface area contributed by atoms with Crippen molar-refractivity contribution < 1.29 is 18.0 Å². The fraction of sp³-hybridized carbons (Fsp3) is 0.333. The molecule has 1 aromatic carbocycles. The number of carbonyl (C=O) groups excluding carboxylic acids is 1. The summed E-state index contributed by atoms with van der Waals surface area (Å²) in [5.41, 5.74) is 0.536. The van der Waals surface area contributed by atoms with Crippen LogP contribution in [-0.4, -0.2) is 35.9 Å². The van der Waals surface area contributed by atoms with Crippen molar-refractivity contribution >= 4 is 11.6 Å². The Balaban J connectivity index is 1.77. The first kappa shape index (κ1) is 18.9. The lowest BCUT2D eigenvalue weighted by atomic mass is 10.2. The predicted octanol–water partition coefficient (Wildman–Crippen LogP) is 3.60. The second-order valence-electron chi connectivity index (χ2n) is 5.79. The van der Waals surface area contributed by atoms with E-state index in [1.165, 1.54) is 12.1 Å². The maximum absolute atomic E-state index is 12.7. The molecule has 0 atom stereocenters. The highest BCUT2D eigenvalue weighted by Crippen LogP contribution is 2.30. The van der Waals surface area contributed by atoms with Gasteiger partial charge in [-0.2, -0.15) is 13.2 Å². The molecule has 1 amide bonds. The Morgan fingerprint density at radius 3 is 2.56 bits per heavy atom. The van der Waals surface area contributed by atoms with Gasteiger partial charge < -0.3 is 10.2 Å². The largest absolute Gasteiger partial charge is 0.416 e. The van der Waals surface area contributed by atoms with Gasteiger partial charge in [0.05, 0.1) is 5.56 Å². The summed E-state index contributed by atoms with van der Waals surface area (Å²) in [6.45, 7) is 1.30. The SMILES string of the molecule is CN(CCC(=O)Nc1cccc(C(F)(F)F)c1)CCc1ccncc1. The molecule has 7 heteroatoms. The van der Waals surface area contributed by atoms with Crippen molar-refractivity contribution in [1.29, 1.82) is 0 Å². The molecular formula is C18H20F3N3O. The van der Waals surface area contributed by atoms with Crippen molar-refractivity contribution in [2.45, 2.75) is 19.0 Å². The molecule has 1 heterocycles. The lowest BCUT2D eigenvalue weighted by molar-refractivity contribution is -0.137. The molecule has 0 unspecified atom stereocenters. The smallest absolute Gasteiger partial charge is 0.326 e. The van der Waals surface area contributed by atoms with E-state index in [-0.39, 0.29) is 18.0 Å². The summed E-state index contributed by atoms with van der Waals surface area (Å²) in [7, 11) is 1.90. The zero-order chi connectivity index (χ0) is 18.3. The quantitative estimate of drug-likeness (QED) is 0.829. The van der Waals surface area contributed by atoms with Crippen LogP contribution in [-0.2, 0) is 17.4 Å². The normalized spacial score (nSPS) is 11.6. The highest BCUT2D eigenvalue weighted by atomic mass is 19.4. The summed E-state index contributed by atoms with van der Waals surface area (Å²) in [6, 6.07) is 8.51. The average Bonchev–Trinajstić information content (AvgIpc) is 2.58. The number of hydrogen-bond donors (Lipinski definition) is 1. The van der Waals surface area contributed by atoms with Crippen LogP contribution in [0, 0.1) is 0 Å². The van der Waals surface area contributed by atoms with E-state index >= 15 is 0 Å². The number of likely N-dealkylation sites (N-methyl/N-ethyl adjacent to an activating group) is 1. The van der Waals surface area contributed by atoms with Crippen molar-refractivity contribution in [1.82, 2.24) is 9.88 Å². The zero-order valence-electron chi connectivity index (χ0n) is 13.9. The molecule has 25 heavy (non-hydrogen) atoms. The third-order valence-corrected chi connectivity index (χ3v) is 3.73. The second kappa shape index (κ2) is 8.62. The fourth-order valence-corrected chi connectivity index (χ4v) is 2.27. The first-order valence-electron chi connectivity index (χ1n) is 7.89. The monoisotopic (exact) mass is 351 g/mol. The van der Waals surface area contributed by atoms with Crippen LogP contribution in [0.5, 0.6) is 0 Å². The van der Waals surface area contributed by atoms with E-state index in [0.29, 0.717) is 6.54 Å². The molecule has 1 aromatic heterocycles. The molecular weight excluding hydrogens is 331 g/mol. The van der Waals surface area contributed by atoms with Gasteiger partial charge in [0.1, 0.15) is 0 Å². The Hall–Kier alpha value is -2.41. The van der Waals surface area contributed by atoms with Crippen molar-refractivity contribution in [2.75, 3.05) is 25.5 Å². The van der Waals surface area contributed by atoms with Gasteiger partial charge in [0.15, 0.2) is 0 Å². The highest BCUT2D eigenvalue weighted by molar-refractivity contribution is 5.90. The van der Waals surface area contributed by atoms with Crippen molar-refractivity contribution in [3.8, 4) is 0 Å². The zero-order valence-corrected chi connectivity index (χ0v) is 13.9. The van der Waals surface area contributed by atoms with Gasteiger partial charge in [-0.15, -0.1) is 0 Å². The van der Waals surface area contributed by atoms with E-state index in [4.69, 9.17) is 0 Å². The van der Waals surface area contributed by atoms with E-state index < -0.39 is 11.7 Å². The number of hydrogen-bond acceptors (Lipinski definition) is 3. The molecule has 0 saturated carbocycles. The number of benzene rings is 1. The van der Waals surface area contributed by atoms with E-state index in [0.717, 1.165) is 30.7 Å². The van der Waals surface area contributed by atoms with Crippen LogP contribution in [0.25, 0.3) is 0 Å². The predicted molar refractivity (Wildman–Crippen MR) is 90.1 cm³/mol. The summed E-state index contributed by atoms with van der Waals surface area (Å²) >= 11 is 0. The Morgan fingerprint density at radius 2 is 1.88 bits per heavy atom. The minimum Gasteiger partial charge on any atom is -0.326 e. The van der Waals surface area contributed by atoms with Gasteiger partial charge >= 0.3 is 6.18 Å². The second-order valence-corrected chi connectivity index (χ2v) is 5.79. The van der Waals surface area contributed by atoms with Crippen molar-refractivity contribution in [3.05, 3.63) is 59.9 Å². The van der Waals surface area contributed by atoms with Crippen LogP contribution in [0.3, 0.4) is 0 Å². The molecule has 2 rings (SSSR count). The van der Waals surface area contributed by atoms with Crippen molar-refractivity contribution in [3.63, 3.8) is 0 Å². The van der Waals surface area contributed by atoms with Crippen LogP contribution in [0.15, 0.2) is 48.8 Å². The van der Waals surface area contributed by atoms with E-state index in [1.54, 1.807) is 12.4 Å².